The van der Waals surface area contributed by atoms with Crippen molar-refractivity contribution in [3.8, 4) is 5.75 Å². The maximum atomic E-state index is 13.4. The minimum Gasteiger partial charge on any atom is -0.497 e. The van der Waals surface area contributed by atoms with Crippen molar-refractivity contribution < 1.29 is 27.4 Å². The monoisotopic (exact) mass is 599 g/mol. The van der Waals surface area contributed by atoms with Gasteiger partial charge in [-0.25, -0.2) is 8.42 Å². The summed E-state index contributed by atoms with van der Waals surface area (Å²) in [7, 11) is -2.10. The van der Waals surface area contributed by atoms with E-state index in [0.29, 0.717) is 46.7 Å². The third-order valence-corrected chi connectivity index (χ3v) is 11.2. The molecular formula is C32H45N3O6S. The minimum absolute atomic E-state index is 0.0561. The maximum Gasteiger partial charge on any atom is 0.246 e. The summed E-state index contributed by atoms with van der Waals surface area (Å²) in [5.74, 6) is 1.05. The molecule has 2 heterocycles. The summed E-state index contributed by atoms with van der Waals surface area (Å²) in [6, 6.07) is 14.8. The summed E-state index contributed by atoms with van der Waals surface area (Å²) in [4.78, 5) is 15.7. The van der Waals surface area contributed by atoms with Crippen molar-refractivity contribution in [2.24, 2.45) is 5.92 Å². The first kappa shape index (κ1) is 30.9. The summed E-state index contributed by atoms with van der Waals surface area (Å²) in [5.41, 5.74) is 2.68. The second-order valence-corrected chi connectivity index (χ2v) is 13.7. The van der Waals surface area contributed by atoms with E-state index in [1.54, 1.807) is 33.1 Å². The van der Waals surface area contributed by atoms with E-state index < -0.39 is 10.0 Å². The van der Waals surface area contributed by atoms with Crippen molar-refractivity contribution in [1.82, 2.24) is 14.5 Å². The number of rotatable bonds is 10. The molecule has 5 rings (SSSR count). The molecule has 9 nitrogen and oxygen atoms in total. The third kappa shape index (κ3) is 7.17. The number of carbonyl (C=O) groups is 1. The summed E-state index contributed by atoms with van der Waals surface area (Å²) in [5, 5.41) is 3.17. The average Bonchev–Trinajstić information content (AvgIpc) is 3.48. The van der Waals surface area contributed by atoms with Crippen molar-refractivity contribution in [3.05, 3.63) is 59.2 Å². The number of amides is 1. The Labute approximate surface area is 250 Å². The van der Waals surface area contributed by atoms with E-state index in [4.69, 9.17) is 14.2 Å². The molecule has 3 aliphatic rings. The Morgan fingerprint density at radius 2 is 1.67 bits per heavy atom. The zero-order valence-corrected chi connectivity index (χ0v) is 25.9. The molecule has 3 fully saturated rings. The number of nitrogens with one attached hydrogen (secondary N) is 1. The number of carbonyl (C=O) groups excluding carboxylic acids is 1. The number of nitrogens with zero attached hydrogens (tertiary/aromatic N) is 2. The first-order chi connectivity index (χ1) is 20.3. The summed E-state index contributed by atoms with van der Waals surface area (Å²) in [6.07, 6.45) is 4.26. The lowest BCUT2D eigenvalue weighted by molar-refractivity contribution is -0.128. The van der Waals surface area contributed by atoms with Gasteiger partial charge in [0.05, 0.1) is 31.3 Å². The third-order valence-electron chi connectivity index (χ3n) is 8.99. The number of ether oxygens (including phenoxy) is 3. The lowest BCUT2D eigenvalue weighted by atomic mass is 9.78. The van der Waals surface area contributed by atoms with Gasteiger partial charge in [-0.1, -0.05) is 30.3 Å². The lowest BCUT2D eigenvalue weighted by Crippen LogP contribution is -2.45. The predicted molar refractivity (Wildman–Crippen MR) is 161 cm³/mol. The van der Waals surface area contributed by atoms with Crippen LogP contribution < -0.4 is 10.1 Å². The van der Waals surface area contributed by atoms with Gasteiger partial charge in [0.25, 0.3) is 0 Å². The van der Waals surface area contributed by atoms with Crippen LogP contribution in [-0.4, -0.2) is 88.8 Å². The molecule has 230 valence electrons. The normalized spacial score (nSPS) is 24.8. The fourth-order valence-electron chi connectivity index (χ4n) is 6.95. The van der Waals surface area contributed by atoms with Gasteiger partial charge >= 0.3 is 0 Å². The first-order valence-corrected chi connectivity index (χ1v) is 16.6. The van der Waals surface area contributed by atoms with Gasteiger partial charge in [0.1, 0.15) is 12.4 Å². The number of aryl methyl sites for hydroxylation is 2. The molecule has 1 N–H and O–H groups in total. The molecule has 1 amide bonds. The Morgan fingerprint density at radius 1 is 1.00 bits per heavy atom. The van der Waals surface area contributed by atoms with Crippen LogP contribution in [0.15, 0.2) is 47.4 Å². The second kappa shape index (κ2) is 13.9. The lowest BCUT2D eigenvalue weighted by Gasteiger charge is -2.42. The zero-order chi connectivity index (χ0) is 29.7. The molecule has 0 radical (unpaired) electrons. The molecule has 0 spiro atoms. The Morgan fingerprint density at radius 3 is 2.31 bits per heavy atom. The fraction of sp³-hybridized carbons (Fsp3) is 0.594. The molecule has 0 bridgehead atoms. The van der Waals surface area contributed by atoms with Gasteiger partial charge in [-0.2, -0.15) is 4.31 Å². The molecule has 42 heavy (non-hydrogen) atoms. The number of sulfonamides is 1. The maximum absolute atomic E-state index is 13.4. The van der Waals surface area contributed by atoms with Crippen LogP contribution in [-0.2, 0) is 24.3 Å². The largest absolute Gasteiger partial charge is 0.497 e. The molecule has 10 heteroatoms. The molecule has 1 aliphatic carbocycles. The highest BCUT2D eigenvalue weighted by atomic mass is 32.2. The standard InChI is InChI=1S/C32H45N3O6S/c1-23-19-29(39-3)20-24(2)32(23)42(37,38)35-14-13-28(21-35)41-22-30(36)33-27-11-9-26(10-12-27)31(25-7-5-4-6-8-25)34-15-17-40-18-16-34/h4-8,19-20,26-28,31H,9-18,21-22H2,1-3H3,(H,33,36). The van der Waals surface area contributed by atoms with Crippen LogP contribution in [0.5, 0.6) is 5.75 Å². The SMILES string of the molecule is COc1cc(C)c(S(=O)(=O)N2CCC(OCC(=O)NC3CCC(C(c4ccccc4)N4CCOCC4)CC3)C2)c(C)c1. The van der Waals surface area contributed by atoms with E-state index in [1.807, 2.05) is 0 Å². The first-order valence-electron chi connectivity index (χ1n) is 15.2. The smallest absolute Gasteiger partial charge is 0.246 e. The van der Waals surface area contributed by atoms with Gasteiger partial charge in [-0.05, 0) is 80.7 Å². The van der Waals surface area contributed by atoms with Gasteiger partial charge in [0, 0.05) is 38.3 Å². The molecule has 2 unspecified atom stereocenters. The van der Waals surface area contributed by atoms with Crippen molar-refractivity contribution >= 4 is 15.9 Å². The average molecular weight is 600 g/mol. The molecule has 0 aromatic heterocycles. The number of hydrogen-bond donors (Lipinski definition) is 1. The Hall–Kier alpha value is -2.50. The Balaban J connectivity index is 1.09. The Kier molecular flexibility index (Phi) is 10.2. The van der Waals surface area contributed by atoms with Crippen LogP contribution in [0, 0.1) is 19.8 Å². The van der Waals surface area contributed by atoms with Gasteiger partial charge < -0.3 is 19.5 Å². The molecule has 2 aromatic rings. The summed E-state index contributed by atoms with van der Waals surface area (Å²) in [6.45, 7) is 7.59. The quantitative estimate of drug-likeness (QED) is 0.443. The van der Waals surface area contributed by atoms with E-state index in [2.05, 4.69) is 40.5 Å². The highest BCUT2D eigenvalue weighted by Crippen LogP contribution is 2.39. The van der Waals surface area contributed by atoms with E-state index in [0.717, 1.165) is 52.0 Å². The van der Waals surface area contributed by atoms with Gasteiger partial charge in [-0.15, -0.1) is 0 Å². The number of benzene rings is 2. The Bertz CT molecular complexity index is 1280. The van der Waals surface area contributed by atoms with Crippen molar-refractivity contribution in [1.29, 1.82) is 0 Å². The van der Waals surface area contributed by atoms with Crippen LogP contribution in [0.25, 0.3) is 0 Å². The van der Waals surface area contributed by atoms with Crippen LogP contribution >= 0.6 is 0 Å². The molecule has 2 aliphatic heterocycles. The number of methoxy groups -OCH3 is 1. The van der Waals surface area contributed by atoms with Crippen molar-refractivity contribution in [2.45, 2.75) is 69.0 Å². The van der Waals surface area contributed by atoms with E-state index in [-0.39, 0.29) is 31.2 Å². The highest BCUT2D eigenvalue weighted by Gasteiger charge is 2.36. The molecule has 2 atom stereocenters. The van der Waals surface area contributed by atoms with Gasteiger partial charge in [0.2, 0.25) is 15.9 Å². The molecule has 2 aromatic carbocycles. The minimum atomic E-state index is -3.67. The van der Waals surface area contributed by atoms with Crippen LogP contribution in [0.1, 0.15) is 54.8 Å². The topological polar surface area (TPSA) is 97.4 Å². The summed E-state index contributed by atoms with van der Waals surface area (Å²) < 4.78 is 45.1. The fourth-order valence-corrected chi connectivity index (χ4v) is 8.84. The summed E-state index contributed by atoms with van der Waals surface area (Å²) >= 11 is 0. The van der Waals surface area contributed by atoms with Crippen molar-refractivity contribution in [2.75, 3.05) is 53.1 Å². The van der Waals surface area contributed by atoms with E-state index in [9.17, 15) is 13.2 Å². The molecular weight excluding hydrogens is 554 g/mol. The van der Waals surface area contributed by atoms with Crippen LogP contribution in [0.2, 0.25) is 0 Å². The van der Waals surface area contributed by atoms with E-state index >= 15 is 0 Å². The molecule has 2 saturated heterocycles. The zero-order valence-electron chi connectivity index (χ0n) is 25.1. The number of hydrogen-bond acceptors (Lipinski definition) is 7. The molecule has 1 saturated carbocycles. The van der Waals surface area contributed by atoms with Gasteiger partial charge in [0.15, 0.2) is 0 Å². The van der Waals surface area contributed by atoms with Gasteiger partial charge in [-0.3, -0.25) is 9.69 Å². The second-order valence-electron chi connectivity index (χ2n) is 11.9. The van der Waals surface area contributed by atoms with E-state index in [1.165, 1.54) is 9.87 Å². The van der Waals surface area contributed by atoms with Crippen molar-refractivity contribution in [3.63, 3.8) is 0 Å². The van der Waals surface area contributed by atoms with Crippen LogP contribution in [0.3, 0.4) is 0 Å². The highest BCUT2D eigenvalue weighted by molar-refractivity contribution is 7.89. The predicted octanol–water partition coefficient (Wildman–Crippen LogP) is 3.84. The van der Waals surface area contributed by atoms with Crippen LogP contribution in [0.4, 0.5) is 0 Å². The number of morpholine rings is 1.